The quantitative estimate of drug-likeness (QED) is 0.752. The van der Waals surface area contributed by atoms with E-state index < -0.39 is 10.0 Å². The summed E-state index contributed by atoms with van der Waals surface area (Å²) < 4.78 is 32.9. The molecule has 2 aromatic rings. The Balaban J connectivity index is 1.77. The SMILES string of the molecule is O=S(=O)(c1cnc(Cl)c(Cl)c1)N1CCCC(Oc2ccccc2)C1. The Morgan fingerprint density at radius 1 is 1.21 bits per heavy atom. The second-order valence-corrected chi connectivity index (χ2v) is 8.20. The van der Waals surface area contributed by atoms with Crippen molar-refractivity contribution in [3.8, 4) is 5.75 Å². The summed E-state index contributed by atoms with van der Waals surface area (Å²) in [5, 5.41) is 0.200. The van der Waals surface area contributed by atoms with E-state index in [0.29, 0.717) is 6.54 Å². The van der Waals surface area contributed by atoms with Crippen molar-refractivity contribution in [3.63, 3.8) is 0 Å². The van der Waals surface area contributed by atoms with Crippen LogP contribution < -0.4 is 4.74 Å². The van der Waals surface area contributed by atoms with Crippen molar-refractivity contribution in [2.75, 3.05) is 13.1 Å². The summed E-state index contributed by atoms with van der Waals surface area (Å²) in [6.07, 6.45) is 2.57. The van der Waals surface area contributed by atoms with Crippen LogP contribution in [0.5, 0.6) is 5.75 Å². The highest BCUT2D eigenvalue weighted by molar-refractivity contribution is 7.89. The first-order valence-corrected chi connectivity index (χ1v) is 9.69. The van der Waals surface area contributed by atoms with Gasteiger partial charge in [0.05, 0.1) is 11.6 Å². The lowest BCUT2D eigenvalue weighted by atomic mass is 10.1. The lowest BCUT2D eigenvalue weighted by molar-refractivity contribution is 0.130. The molecule has 1 saturated heterocycles. The number of halogens is 2. The van der Waals surface area contributed by atoms with Crippen molar-refractivity contribution in [1.82, 2.24) is 9.29 Å². The van der Waals surface area contributed by atoms with Gasteiger partial charge in [0.15, 0.2) is 0 Å². The number of pyridine rings is 1. The highest BCUT2D eigenvalue weighted by atomic mass is 35.5. The first-order valence-electron chi connectivity index (χ1n) is 7.50. The number of ether oxygens (including phenoxy) is 1. The lowest BCUT2D eigenvalue weighted by Crippen LogP contribution is -2.44. The van der Waals surface area contributed by atoms with Crippen molar-refractivity contribution in [2.45, 2.75) is 23.8 Å². The minimum Gasteiger partial charge on any atom is -0.489 e. The zero-order valence-electron chi connectivity index (χ0n) is 12.7. The lowest BCUT2D eigenvalue weighted by Gasteiger charge is -2.32. The molecule has 8 heteroatoms. The van der Waals surface area contributed by atoms with Crippen LogP contribution in [0.1, 0.15) is 12.8 Å². The summed E-state index contributed by atoms with van der Waals surface area (Å²) >= 11 is 11.7. The molecule has 2 heterocycles. The summed E-state index contributed by atoms with van der Waals surface area (Å²) in [5.41, 5.74) is 0. The highest BCUT2D eigenvalue weighted by Crippen LogP contribution is 2.27. The number of hydrogen-bond donors (Lipinski definition) is 0. The van der Waals surface area contributed by atoms with Crippen molar-refractivity contribution >= 4 is 33.2 Å². The molecular weight excluding hydrogens is 371 g/mol. The second kappa shape index (κ2) is 7.27. The molecule has 1 fully saturated rings. The summed E-state index contributed by atoms with van der Waals surface area (Å²) in [5.74, 6) is 0.734. The van der Waals surface area contributed by atoms with Crippen LogP contribution in [0.2, 0.25) is 10.2 Å². The van der Waals surface area contributed by atoms with Crippen molar-refractivity contribution in [2.24, 2.45) is 0 Å². The first-order chi connectivity index (χ1) is 11.5. The third-order valence-corrected chi connectivity index (χ3v) is 6.31. The second-order valence-electron chi connectivity index (χ2n) is 5.50. The zero-order chi connectivity index (χ0) is 17.2. The number of hydrogen-bond acceptors (Lipinski definition) is 4. The Morgan fingerprint density at radius 3 is 2.67 bits per heavy atom. The average Bonchev–Trinajstić information content (AvgIpc) is 2.58. The van der Waals surface area contributed by atoms with E-state index in [0.717, 1.165) is 18.6 Å². The van der Waals surface area contributed by atoms with Crippen LogP contribution >= 0.6 is 23.2 Å². The Kier molecular flexibility index (Phi) is 5.30. The van der Waals surface area contributed by atoms with Crippen molar-refractivity contribution in [1.29, 1.82) is 0 Å². The van der Waals surface area contributed by atoms with Crippen LogP contribution in [0, 0.1) is 0 Å². The van der Waals surface area contributed by atoms with Gasteiger partial charge in [-0.25, -0.2) is 13.4 Å². The molecule has 24 heavy (non-hydrogen) atoms. The summed E-state index contributed by atoms with van der Waals surface area (Å²) in [6.45, 7) is 0.731. The smallest absolute Gasteiger partial charge is 0.244 e. The maximum Gasteiger partial charge on any atom is 0.244 e. The van der Waals surface area contributed by atoms with E-state index in [9.17, 15) is 8.42 Å². The zero-order valence-corrected chi connectivity index (χ0v) is 15.1. The molecule has 1 unspecified atom stereocenters. The molecule has 1 aliphatic heterocycles. The predicted molar refractivity (Wildman–Crippen MR) is 93.1 cm³/mol. The van der Waals surface area contributed by atoms with Gasteiger partial charge in [-0.1, -0.05) is 41.4 Å². The van der Waals surface area contributed by atoms with Crippen molar-refractivity contribution < 1.29 is 13.2 Å². The first kappa shape index (κ1) is 17.5. The van der Waals surface area contributed by atoms with E-state index in [1.54, 1.807) is 0 Å². The van der Waals surface area contributed by atoms with E-state index in [-0.39, 0.29) is 27.7 Å². The van der Waals surface area contributed by atoms with Gasteiger partial charge in [0.1, 0.15) is 21.9 Å². The third-order valence-electron chi connectivity index (χ3n) is 3.80. The fraction of sp³-hybridized carbons (Fsp3) is 0.312. The Labute approximate surface area is 151 Å². The van der Waals surface area contributed by atoms with E-state index in [1.807, 2.05) is 30.3 Å². The molecule has 1 aromatic carbocycles. The normalized spacial score (nSPS) is 19.2. The third kappa shape index (κ3) is 3.83. The van der Waals surface area contributed by atoms with Gasteiger partial charge in [0.25, 0.3) is 0 Å². The summed E-state index contributed by atoms with van der Waals surface area (Å²) in [6, 6.07) is 10.7. The summed E-state index contributed by atoms with van der Waals surface area (Å²) in [7, 11) is -3.68. The van der Waals surface area contributed by atoms with Gasteiger partial charge in [0, 0.05) is 12.7 Å². The largest absolute Gasteiger partial charge is 0.489 e. The van der Waals surface area contributed by atoms with Gasteiger partial charge in [0.2, 0.25) is 10.0 Å². The Hall–Kier alpha value is -1.34. The van der Waals surface area contributed by atoms with Crippen LogP contribution in [0.3, 0.4) is 0 Å². The molecule has 0 aliphatic carbocycles. The molecule has 0 amide bonds. The molecule has 0 N–H and O–H groups in total. The fourth-order valence-corrected chi connectivity index (χ4v) is 4.42. The van der Waals surface area contributed by atoms with Gasteiger partial charge < -0.3 is 4.74 Å². The van der Waals surface area contributed by atoms with E-state index in [4.69, 9.17) is 27.9 Å². The van der Waals surface area contributed by atoms with Crippen LogP contribution in [-0.4, -0.2) is 36.9 Å². The minimum absolute atomic E-state index is 0.0391. The molecular formula is C16H16Cl2N2O3S. The molecule has 3 rings (SSSR count). The molecule has 1 atom stereocenters. The Bertz CT molecular complexity index is 815. The number of rotatable bonds is 4. The van der Waals surface area contributed by atoms with Gasteiger partial charge in [-0.15, -0.1) is 0 Å². The monoisotopic (exact) mass is 386 g/mol. The number of aromatic nitrogens is 1. The number of benzene rings is 1. The number of sulfonamides is 1. The maximum absolute atomic E-state index is 12.8. The molecule has 0 spiro atoms. The predicted octanol–water partition coefficient (Wildman–Crippen LogP) is 3.62. The van der Waals surface area contributed by atoms with Gasteiger partial charge in [-0.05, 0) is 31.0 Å². The van der Waals surface area contributed by atoms with Crippen molar-refractivity contribution in [3.05, 3.63) is 52.8 Å². The van der Waals surface area contributed by atoms with E-state index in [1.165, 1.54) is 16.6 Å². The molecule has 0 saturated carbocycles. The number of nitrogens with zero attached hydrogens (tertiary/aromatic N) is 2. The molecule has 0 bridgehead atoms. The molecule has 1 aromatic heterocycles. The highest BCUT2D eigenvalue weighted by Gasteiger charge is 2.31. The van der Waals surface area contributed by atoms with Crippen LogP contribution in [-0.2, 0) is 10.0 Å². The minimum atomic E-state index is -3.68. The fourth-order valence-electron chi connectivity index (χ4n) is 2.60. The van der Waals surface area contributed by atoms with Crippen LogP contribution in [0.15, 0.2) is 47.5 Å². The van der Waals surface area contributed by atoms with E-state index in [2.05, 4.69) is 4.98 Å². The Morgan fingerprint density at radius 2 is 1.96 bits per heavy atom. The van der Waals surface area contributed by atoms with Gasteiger partial charge in [-0.3, -0.25) is 0 Å². The van der Waals surface area contributed by atoms with Crippen LogP contribution in [0.4, 0.5) is 0 Å². The number of para-hydroxylation sites is 1. The van der Waals surface area contributed by atoms with Gasteiger partial charge >= 0.3 is 0 Å². The molecule has 0 radical (unpaired) electrons. The number of piperidine rings is 1. The standard InChI is InChI=1S/C16H16Cl2N2O3S/c17-15-9-14(10-19-16(15)18)24(21,22)20-8-4-7-13(11-20)23-12-5-2-1-3-6-12/h1-3,5-6,9-10,13H,4,7-8,11H2. The summed E-state index contributed by atoms with van der Waals surface area (Å²) in [4.78, 5) is 3.86. The molecule has 128 valence electrons. The van der Waals surface area contributed by atoms with Gasteiger partial charge in [-0.2, -0.15) is 4.31 Å². The van der Waals surface area contributed by atoms with E-state index >= 15 is 0 Å². The molecule has 5 nitrogen and oxygen atoms in total. The average molecular weight is 387 g/mol. The van der Waals surface area contributed by atoms with Crippen LogP contribution in [0.25, 0.3) is 0 Å². The maximum atomic E-state index is 12.8. The molecule has 1 aliphatic rings. The topological polar surface area (TPSA) is 59.5 Å².